The zero-order valence-corrected chi connectivity index (χ0v) is 13.6. The number of benzene rings is 1. The van der Waals surface area contributed by atoms with Crippen molar-refractivity contribution < 1.29 is 22.3 Å². The maximum Gasteiger partial charge on any atom is 0.282 e. The number of ether oxygens (including phenoxy) is 1. The van der Waals surface area contributed by atoms with E-state index in [1.54, 1.807) is 12.1 Å². The maximum atomic E-state index is 13.1. The molecule has 9 heteroatoms. The van der Waals surface area contributed by atoms with E-state index in [4.69, 9.17) is 10.5 Å². The summed E-state index contributed by atoms with van der Waals surface area (Å²) in [5, 5.41) is 2.72. The van der Waals surface area contributed by atoms with Crippen molar-refractivity contribution in [3.05, 3.63) is 60.1 Å². The molecule has 1 saturated heterocycles. The lowest BCUT2D eigenvalue weighted by atomic mass is 10.1. The molecule has 0 spiro atoms. The van der Waals surface area contributed by atoms with Gasteiger partial charge in [-0.15, -0.1) is 0 Å². The smallest absolute Gasteiger partial charge is 0.282 e. The quantitative estimate of drug-likeness (QED) is 0.768. The Morgan fingerprint density at radius 3 is 2.69 bits per heavy atom. The number of nitrogens with two attached hydrogens (primary N) is 1. The van der Waals surface area contributed by atoms with Crippen LogP contribution < -0.4 is 20.7 Å². The first-order chi connectivity index (χ1) is 12.3. The minimum Gasteiger partial charge on any atom is -0.471 e. The van der Waals surface area contributed by atoms with Gasteiger partial charge < -0.3 is 20.7 Å². The number of nitrogens with zero attached hydrogens (tertiary/aromatic N) is 2. The van der Waals surface area contributed by atoms with Crippen LogP contribution >= 0.6 is 0 Å². The number of rotatable bonds is 6. The van der Waals surface area contributed by atoms with Crippen LogP contribution in [0.1, 0.15) is 0 Å². The van der Waals surface area contributed by atoms with E-state index in [-0.39, 0.29) is 31.3 Å². The predicted octanol–water partition coefficient (Wildman–Crippen LogP) is 3.11. The van der Waals surface area contributed by atoms with E-state index in [1.165, 1.54) is 23.4 Å². The predicted molar refractivity (Wildman–Crippen MR) is 89.1 cm³/mol. The summed E-state index contributed by atoms with van der Waals surface area (Å²) in [6.45, 7) is -0.698. The van der Waals surface area contributed by atoms with Gasteiger partial charge in [-0.3, -0.25) is 0 Å². The molecule has 0 radical (unpaired) electrons. The van der Waals surface area contributed by atoms with E-state index < -0.39 is 17.6 Å². The van der Waals surface area contributed by atoms with E-state index >= 15 is 0 Å². The van der Waals surface area contributed by atoms with Crippen LogP contribution in [0, 0.1) is 11.6 Å². The molecule has 138 valence electrons. The molecule has 1 aliphatic heterocycles. The van der Waals surface area contributed by atoms with Gasteiger partial charge in [-0.25, -0.2) is 22.5 Å². The van der Waals surface area contributed by atoms with Crippen LogP contribution in [-0.4, -0.2) is 30.6 Å². The van der Waals surface area contributed by atoms with E-state index in [1.807, 2.05) is 0 Å². The van der Waals surface area contributed by atoms with Crippen molar-refractivity contribution >= 4 is 11.4 Å². The van der Waals surface area contributed by atoms with Crippen molar-refractivity contribution in [2.24, 2.45) is 5.73 Å². The second kappa shape index (κ2) is 7.11. The summed E-state index contributed by atoms with van der Waals surface area (Å²) >= 11 is 0. The zero-order chi connectivity index (χ0) is 18.7. The fraction of sp³-hybridized carbons (Fsp3) is 0.235. The van der Waals surface area contributed by atoms with Crippen LogP contribution in [-0.2, 0) is 0 Å². The first kappa shape index (κ1) is 17.8. The lowest BCUT2D eigenvalue weighted by Gasteiger charge is -2.40. The minimum absolute atomic E-state index is 0.0245. The van der Waals surface area contributed by atoms with E-state index in [2.05, 4.69) is 10.3 Å². The third-order valence-electron chi connectivity index (χ3n) is 3.66. The monoisotopic (exact) mass is 368 g/mol. The van der Waals surface area contributed by atoms with Crippen molar-refractivity contribution in [3.8, 4) is 5.88 Å². The van der Waals surface area contributed by atoms with Crippen molar-refractivity contribution in [1.29, 1.82) is 0 Å². The van der Waals surface area contributed by atoms with Crippen LogP contribution in [0.15, 0.2) is 48.4 Å². The molecular weight excluding hydrogens is 352 g/mol. The van der Waals surface area contributed by atoms with Crippen LogP contribution in [0.5, 0.6) is 5.88 Å². The SMILES string of the molecule is N/C(=C\Nc1ccc(F)c(F)c1)COc1cc(N2CC(F)(F)C2)ccn1. The summed E-state index contributed by atoms with van der Waals surface area (Å²) in [7, 11) is 0. The summed E-state index contributed by atoms with van der Waals surface area (Å²) in [5.74, 6) is -4.34. The number of pyridine rings is 1. The number of hydrogen-bond donors (Lipinski definition) is 2. The summed E-state index contributed by atoms with van der Waals surface area (Å²) in [5.41, 5.74) is 6.96. The van der Waals surface area contributed by atoms with Gasteiger partial charge in [0, 0.05) is 35.9 Å². The van der Waals surface area contributed by atoms with Gasteiger partial charge in [-0.2, -0.15) is 0 Å². The van der Waals surface area contributed by atoms with Gasteiger partial charge in [0.1, 0.15) is 6.61 Å². The summed E-state index contributed by atoms with van der Waals surface area (Å²) in [6, 6.07) is 6.51. The lowest BCUT2D eigenvalue weighted by molar-refractivity contribution is -0.0262. The average Bonchev–Trinajstić information content (AvgIpc) is 2.59. The third-order valence-corrected chi connectivity index (χ3v) is 3.66. The molecule has 3 N–H and O–H groups in total. The van der Waals surface area contributed by atoms with Gasteiger partial charge in [0.25, 0.3) is 5.92 Å². The minimum atomic E-state index is -2.66. The molecule has 0 saturated carbocycles. The Labute approximate surface area is 147 Å². The molecule has 3 rings (SSSR count). The Kier molecular flexibility index (Phi) is 4.88. The molecule has 1 aliphatic rings. The van der Waals surface area contributed by atoms with Crippen molar-refractivity contribution in [3.63, 3.8) is 0 Å². The fourth-order valence-corrected chi connectivity index (χ4v) is 2.33. The lowest BCUT2D eigenvalue weighted by Crippen LogP contribution is -2.56. The Bertz CT molecular complexity index is 820. The molecule has 0 aliphatic carbocycles. The summed E-state index contributed by atoms with van der Waals surface area (Å²) in [6.07, 6.45) is 2.84. The van der Waals surface area contributed by atoms with Crippen molar-refractivity contribution in [2.45, 2.75) is 5.92 Å². The normalized spacial score (nSPS) is 16.2. The molecule has 0 atom stereocenters. The molecule has 0 bridgehead atoms. The van der Waals surface area contributed by atoms with Crippen LogP contribution in [0.3, 0.4) is 0 Å². The van der Waals surface area contributed by atoms with Crippen LogP contribution in [0.2, 0.25) is 0 Å². The van der Waals surface area contributed by atoms with Gasteiger partial charge in [-0.1, -0.05) is 0 Å². The molecule has 1 aromatic carbocycles. The Morgan fingerprint density at radius 1 is 1.23 bits per heavy atom. The highest BCUT2D eigenvalue weighted by atomic mass is 19.3. The molecular formula is C17H16F4N4O. The second-order valence-electron chi connectivity index (χ2n) is 5.85. The first-order valence-electron chi connectivity index (χ1n) is 7.70. The molecule has 2 aromatic rings. The van der Waals surface area contributed by atoms with Crippen LogP contribution in [0.4, 0.5) is 28.9 Å². The van der Waals surface area contributed by atoms with Gasteiger partial charge >= 0.3 is 0 Å². The molecule has 1 aromatic heterocycles. The van der Waals surface area contributed by atoms with Crippen molar-refractivity contribution in [1.82, 2.24) is 4.98 Å². The molecule has 2 heterocycles. The number of nitrogens with one attached hydrogen (secondary N) is 1. The summed E-state index contributed by atoms with van der Waals surface area (Å²) < 4.78 is 57.3. The van der Waals surface area contributed by atoms with Crippen LogP contribution in [0.25, 0.3) is 0 Å². The average molecular weight is 368 g/mol. The highest BCUT2D eigenvalue weighted by Crippen LogP contribution is 2.32. The largest absolute Gasteiger partial charge is 0.471 e. The topological polar surface area (TPSA) is 63.4 Å². The molecule has 0 amide bonds. The van der Waals surface area contributed by atoms with E-state index in [9.17, 15) is 17.6 Å². The highest BCUT2D eigenvalue weighted by molar-refractivity contribution is 5.51. The molecule has 5 nitrogen and oxygen atoms in total. The Morgan fingerprint density at radius 2 is 2.00 bits per heavy atom. The van der Waals surface area contributed by atoms with Gasteiger partial charge in [0.05, 0.1) is 18.8 Å². The standard InChI is InChI=1S/C17H16F4N4O/c18-14-2-1-12(5-15(14)19)24-7-11(22)8-26-16-6-13(3-4-23-16)25-9-17(20,21)10-25/h1-7,24H,8-10,22H2/b11-7-. The number of halogens is 4. The molecule has 1 fully saturated rings. The number of hydrogen-bond acceptors (Lipinski definition) is 5. The van der Waals surface area contributed by atoms with E-state index in [0.29, 0.717) is 11.4 Å². The second-order valence-corrected chi connectivity index (χ2v) is 5.85. The van der Waals surface area contributed by atoms with Gasteiger partial charge in [0.2, 0.25) is 5.88 Å². The van der Waals surface area contributed by atoms with Crippen molar-refractivity contribution in [2.75, 3.05) is 29.9 Å². The number of anilines is 2. The zero-order valence-electron chi connectivity index (χ0n) is 13.6. The fourth-order valence-electron chi connectivity index (χ4n) is 2.33. The Hall–Kier alpha value is -2.97. The van der Waals surface area contributed by atoms with Gasteiger partial charge in [-0.05, 0) is 18.2 Å². The first-order valence-corrected chi connectivity index (χ1v) is 7.70. The number of alkyl halides is 2. The number of aromatic nitrogens is 1. The maximum absolute atomic E-state index is 13.1. The Balaban J connectivity index is 1.54. The molecule has 0 unspecified atom stereocenters. The third kappa shape index (κ3) is 4.35. The van der Waals surface area contributed by atoms with Gasteiger partial charge in [0.15, 0.2) is 11.6 Å². The summed E-state index contributed by atoms with van der Waals surface area (Å²) in [4.78, 5) is 5.51. The van der Waals surface area contributed by atoms with E-state index in [0.717, 1.165) is 12.1 Å². The molecule has 26 heavy (non-hydrogen) atoms. The highest BCUT2D eigenvalue weighted by Gasteiger charge is 2.43.